The molecule has 0 unspecified atom stereocenters. The van der Waals surface area contributed by atoms with Gasteiger partial charge in [-0.1, -0.05) is 24.3 Å². The number of aldehydes is 1. The maximum atomic E-state index is 13.0. The summed E-state index contributed by atoms with van der Waals surface area (Å²) in [5.74, 6) is -0.752. The van der Waals surface area contributed by atoms with Gasteiger partial charge in [-0.15, -0.1) is 0 Å². The van der Waals surface area contributed by atoms with E-state index in [2.05, 4.69) is 17.4 Å². The third-order valence-corrected chi connectivity index (χ3v) is 7.06. The highest BCUT2D eigenvalue weighted by Crippen LogP contribution is 2.40. The van der Waals surface area contributed by atoms with Gasteiger partial charge in [-0.2, -0.15) is 13.2 Å². The number of carbonyl (C=O) groups is 2. The van der Waals surface area contributed by atoms with Crippen molar-refractivity contribution in [3.63, 3.8) is 0 Å². The summed E-state index contributed by atoms with van der Waals surface area (Å²) in [6.07, 6.45) is -3.61. The Bertz CT molecular complexity index is 1080. The predicted molar refractivity (Wildman–Crippen MR) is 126 cm³/mol. The molecule has 6 nitrogen and oxygen atoms in total. The van der Waals surface area contributed by atoms with Gasteiger partial charge >= 0.3 is 6.18 Å². The average Bonchev–Trinajstić information content (AvgIpc) is 2.83. The molecule has 1 saturated carbocycles. The van der Waals surface area contributed by atoms with Crippen LogP contribution in [0, 0.1) is 5.92 Å². The minimum absolute atomic E-state index is 0.0576. The fourth-order valence-electron chi connectivity index (χ4n) is 4.67. The number of hydrogen-bond donors (Lipinski definition) is 1. The molecule has 1 aliphatic heterocycles. The third kappa shape index (κ3) is 6.00. The number of halogens is 3. The molecule has 2 fully saturated rings. The second-order valence-electron chi connectivity index (χ2n) is 9.49. The van der Waals surface area contributed by atoms with Crippen LogP contribution in [0.25, 0.3) is 0 Å². The zero-order valence-corrected chi connectivity index (χ0v) is 20.1. The summed E-state index contributed by atoms with van der Waals surface area (Å²) in [4.78, 5) is 24.7. The number of hydrogen-bond acceptors (Lipinski definition) is 5. The molecule has 2 aromatic carbocycles. The number of nitrogens with one attached hydrogen (secondary N) is 1. The first-order valence-corrected chi connectivity index (χ1v) is 12.1. The molecule has 0 atom stereocenters. The number of benzene rings is 2. The van der Waals surface area contributed by atoms with Crippen molar-refractivity contribution in [1.29, 1.82) is 0 Å². The van der Waals surface area contributed by atoms with Gasteiger partial charge in [0.2, 0.25) is 0 Å². The summed E-state index contributed by atoms with van der Waals surface area (Å²) in [6.45, 7) is 1.82. The van der Waals surface area contributed by atoms with E-state index in [-0.39, 0.29) is 31.2 Å². The molecule has 1 heterocycles. The predicted octanol–water partition coefficient (Wildman–Crippen LogP) is 4.85. The molecule has 9 heteroatoms. The van der Waals surface area contributed by atoms with Crippen LogP contribution in [0.3, 0.4) is 0 Å². The van der Waals surface area contributed by atoms with E-state index in [1.807, 2.05) is 12.1 Å². The maximum Gasteiger partial charge on any atom is 0.391 e. The quantitative estimate of drug-likeness (QED) is 0.494. The largest absolute Gasteiger partial charge is 0.493 e. The van der Waals surface area contributed by atoms with Crippen LogP contribution in [-0.4, -0.2) is 50.8 Å². The molecule has 2 aliphatic rings. The molecule has 1 amide bonds. The lowest BCUT2D eigenvalue weighted by atomic mass is 9.77. The lowest BCUT2D eigenvalue weighted by molar-refractivity contribution is -0.185. The Labute approximate surface area is 208 Å². The molecule has 36 heavy (non-hydrogen) atoms. The number of amides is 1. The van der Waals surface area contributed by atoms with Gasteiger partial charge < -0.3 is 24.3 Å². The Morgan fingerprint density at radius 1 is 1.14 bits per heavy atom. The van der Waals surface area contributed by atoms with Gasteiger partial charge in [0.15, 0.2) is 11.5 Å². The molecule has 0 aromatic heterocycles. The second-order valence-corrected chi connectivity index (χ2v) is 9.49. The Balaban J connectivity index is 1.39. The van der Waals surface area contributed by atoms with Crippen molar-refractivity contribution in [2.45, 2.75) is 49.7 Å². The Hall–Kier alpha value is -3.07. The normalized spacial score (nSPS) is 22.4. The van der Waals surface area contributed by atoms with E-state index in [1.54, 1.807) is 6.07 Å². The maximum absolute atomic E-state index is 13.0. The van der Waals surface area contributed by atoms with Crippen LogP contribution >= 0.6 is 0 Å². The van der Waals surface area contributed by atoms with Crippen molar-refractivity contribution >= 4 is 12.2 Å². The van der Waals surface area contributed by atoms with Crippen molar-refractivity contribution in [3.8, 4) is 11.5 Å². The molecule has 2 aromatic rings. The summed E-state index contributed by atoms with van der Waals surface area (Å²) in [7, 11) is 1.49. The van der Waals surface area contributed by atoms with Crippen molar-refractivity contribution in [2.24, 2.45) is 5.92 Å². The molecule has 0 spiro atoms. The molecule has 1 N–H and O–H groups in total. The van der Waals surface area contributed by atoms with Crippen LogP contribution < -0.4 is 14.8 Å². The third-order valence-electron chi connectivity index (χ3n) is 7.06. The highest BCUT2D eigenvalue weighted by atomic mass is 19.4. The van der Waals surface area contributed by atoms with Crippen LogP contribution in [0.2, 0.25) is 0 Å². The van der Waals surface area contributed by atoms with Gasteiger partial charge in [-0.25, -0.2) is 0 Å². The van der Waals surface area contributed by atoms with Crippen molar-refractivity contribution in [3.05, 3.63) is 59.2 Å². The SMILES string of the molecule is COc1ccc(C(=O)NC2(C=O)CCC(C(F)(F)F)CC2)cc1OCCc1cccc(C2COC2)c1. The lowest BCUT2D eigenvalue weighted by Crippen LogP contribution is -2.53. The fourth-order valence-corrected chi connectivity index (χ4v) is 4.67. The number of carbonyl (C=O) groups excluding carboxylic acids is 2. The van der Waals surface area contributed by atoms with Crippen LogP contribution in [0.1, 0.15) is 53.1 Å². The number of alkyl halides is 3. The molecule has 0 bridgehead atoms. The zero-order valence-electron chi connectivity index (χ0n) is 20.1. The lowest BCUT2D eigenvalue weighted by Gasteiger charge is -2.37. The van der Waals surface area contributed by atoms with E-state index in [9.17, 15) is 22.8 Å². The molecule has 1 aliphatic carbocycles. The molecule has 0 radical (unpaired) electrons. The van der Waals surface area contributed by atoms with Gasteiger partial charge in [-0.3, -0.25) is 4.79 Å². The van der Waals surface area contributed by atoms with Crippen LogP contribution in [0.4, 0.5) is 13.2 Å². The summed E-state index contributed by atoms with van der Waals surface area (Å²) >= 11 is 0. The molecule has 4 rings (SSSR count). The Morgan fingerprint density at radius 3 is 2.50 bits per heavy atom. The summed E-state index contributed by atoms with van der Waals surface area (Å²) in [5, 5.41) is 2.66. The monoisotopic (exact) mass is 505 g/mol. The first kappa shape index (κ1) is 26.0. The summed E-state index contributed by atoms with van der Waals surface area (Å²) < 4.78 is 55.6. The molecular formula is C27H30F3NO5. The van der Waals surface area contributed by atoms with E-state index in [1.165, 1.54) is 24.8 Å². The van der Waals surface area contributed by atoms with E-state index in [0.717, 1.165) is 18.8 Å². The zero-order chi connectivity index (χ0) is 25.8. The van der Waals surface area contributed by atoms with Crippen LogP contribution in [0.15, 0.2) is 42.5 Å². The van der Waals surface area contributed by atoms with Gasteiger partial charge in [0.05, 0.1) is 38.4 Å². The Kier molecular flexibility index (Phi) is 7.88. The van der Waals surface area contributed by atoms with Gasteiger partial charge in [0.1, 0.15) is 6.29 Å². The van der Waals surface area contributed by atoms with Crippen molar-refractivity contribution in [2.75, 3.05) is 26.9 Å². The Morgan fingerprint density at radius 2 is 1.89 bits per heavy atom. The molecule has 1 saturated heterocycles. The molecular weight excluding hydrogens is 475 g/mol. The van der Waals surface area contributed by atoms with Gasteiger partial charge in [0.25, 0.3) is 5.91 Å². The van der Waals surface area contributed by atoms with Crippen molar-refractivity contribution < 1.29 is 37.0 Å². The summed E-state index contributed by atoms with van der Waals surface area (Å²) in [5.41, 5.74) is 1.28. The van der Waals surface area contributed by atoms with Gasteiger partial charge in [0, 0.05) is 17.9 Å². The minimum atomic E-state index is -4.30. The highest BCUT2D eigenvalue weighted by molar-refractivity contribution is 5.97. The van der Waals surface area contributed by atoms with Crippen LogP contribution in [0.5, 0.6) is 11.5 Å². The number of rotatable bonds is 9. The van der Waals surface area contributed by atoms with E-state index >= 15 is 0 Å². The first-order valence-electron chi connectivity index (χ1n) is 12.1. The minimum Gasteiger partial charge on any atom is -0.493 e. The second kappa shape index (κ2) is 10.9. The van der Waals surface area contributed by atoms with Crippen molar-refractivity contribution in [1.82, 2.24) is 5.32 Å². The van der Waals surface area contributed by atoms with Crippen LogP contribution in [-0.2, 0) is 16.0 Å². The van der Waals surface area contributed by atoms with Gasteiger partial charge in [-0.05, 0) is 55.0 Å². The topological polar surface area (TPSA) is 73.9 Å². The smallest absolute Gasteiger partial charge is 0.391 e. The van der Waals surface area contributed by atoms with E-state index < -0.39 is 23.5 Å². The highest BCUT2D eigenvalue weighted by Gasteiger charge is 2.46. The number of methoxy groups -OCH3 is 1. The van der Waals surface area contributed by atoms with E-state index in [4.69, 9.17) is 14.2 Å². The fraction of sp³-hybridized carbons (Fsp3) is 0.481. The first-order chi connectivity index (χ1) is 17.2. The summed E-state index contributed by atoms with van der Waals surface area (Å²) in [6, 6.07) is 12.9. The molecule has 194 valence electrons. The standard InChI is InChI=1S/C27H30F3NO5/c1-34-23-6-5-20(25(33)31-26(17-32)10-7-22(8-11-26)27(28,29)30)14-24(23)36-12-9-18-3-2-4-19(13-18)21-15-35-16-21/h2-6,13-14,17,21-22H,7-12,15-16H2,1H3,(H,31,33). The van der Waals surface area contributed by atoms with E-state index in [0.29, 0.717) is 36.7 Å². The number of ether oxygens (including phenoxy) is 3. The average molecular weight is 506 g/mol.